The first kappa shape index (κ1) is 21.0. The molecule has 1 aromatic carbocycles. The highest BCUT2D eigenvalue weighted by Gasteiger charge is 2.34. The average molecular weight is 387 g/mol. The molecule has 0 amide bonds. The van der Waals surface area contributed by atoms with Gasteiger partial charge in [0.05, 0.1) is 6.54 Å². The quantitative estimate of drug-likeness (QED) is 0.472. The van der Waals surface area contributed by atoms with E-state index in [4.69, 9.17) is 4.99 Å². The van der Waals surface area contributed by atoms with Gasteiger partial charge >= 0.3 is 0 Å². The second-order valence-electron chi connectivity index (χ2n) is 8.54. The van der Waals surface area contributed by atoms with E-state index in [1.165, 1.54) is 36.9 Å². The molecule has 5 nitrogen and oxygen atoms in total. The standard InChI is InChI=1S/C23H38N4O/c1-3-23(12-5-13-23)18-26-22(24-4-2)25-16-19-6-8-21(9-7-19)27-14-10-20(17-28)11-15-27/h6-9,20,28H,3-5,10-18H2,1-2H3,(H2,24,25,26). The Labute approximate surface area is 170 Å². The summed E-state index contributed by atoms with van der Waals surface area (Å²) in [6.45, 7) is 9.43. The first-order chi connectivity index (χ1) is 13.7. The molecule has 2 aliphatic rings. The highest BCUT2D eigenvalue weighted by molar-refractivity contribution is 5.79. The predicted octanol–water partition coefficient (Wildman–Crippen LogP) is 3.53. The Balaban J connectivity index is 1.52. The van der Waals surface area contributed by atoms with E-state index in [1.807, 2.05) is 0 Å². The van der Waals surface area contributed by atoms with Gasteiger partial charge in [0.2, 0.25) is 0 Å². The minimum atomic E-state index is 0.326. The number of aliphatic hydroxyl groups excluding tert-OH is 1. The van der Waals surface area contributed by atoms with Gasteiger partial charge in [0, 0.05) is 38.5 Å². The molecule has 28 heavy (non-hydrogen) atoms. The minimum absolute atomic E-state index is 0.326. The van der Waals surface area contributed by atoms with Crippen LogP contribution in [0.2, 0.25) is 0 Å². The topological polar surface area (TPSA) is 59.9 Å². The molecule has 0 radical (unpaired) electrons. The van der Waals surface area contributed by atoms with Crippen LogP contribution in [0.25, 0.3) is 0 Å². The Kier molecular flexibility index (Phi) is 7.60. The van der Waals surface area contributed by atoms with Crippen molar-refractivity contribution in [3.63, 3.8) is 0 Å². The van der Waals surface area contributed by atoms with Crippen LogP contribution in [-0.2, 0) is 6.54 Å². The van der Waals surface area contributed by atoms with Crippen molar-refractivity contribution in [2.24, 2.45) is 16.3 Å². The van der Waals surface area contributed by atoms with Crippen LogP contribution in [0.5, 0.6) is 0 Å². The fraction of sp³-hybridized carbons (Fsp3) is 0.696. The molecular weight excluding hydrogens is 348 g/mol. The molecule has 0 bridgehead atoms. The van der Waals surface area contributed by atoms with Gasteiger partial charge in [0.1, 0.15) is 0 Å². The van der Waals surface area contributed by atoms with E-state index in [-0.39, 0.29) is 0 Å². The fourth-order valence-corrected chi connectivity index (χ4v) is 4.30. The van der Waals surface area contributed by atoms with E-state index >= 15 is 0 Å². The number of hydrogen-bond acceptors (Lipinski definition) is 3. The van der Waals surface area contributed by atoms with E-state index in [1.54, 1.807) is 0 Å². The normalized spacial score (nSPS) is 20.0. The van der Waals surface area contributed by atoms with Gasteiger partial charge in [0.25, 0.3) is 0 Å². The zero-order valence-corrected chi connectivity index (χ0v) is 17.7. The number of nitrogens with zero attached hydrogens (tertiary/aromatic N) is 2. The monoisotopic (exact) mass is 386 g/mol. The van der Waals surface area contributed by atoms with Gasteiger partial charge in [-0.1, -0.05) is 25.5 Å². The number of piperidine rings is 1. The van der Waals surface area contributed by atoms with Gasteiger partial charge in [-0.3, -0.25) is 0 Å². The number of guanidine groups is 1. The SMILES string of the molecule is CCNC(=NCc1ccc(N2CCC(CO)CC2)cc1)NCC1(CC)CCC1. The van der Waals surface area contributed by atoms with E-state index < -0.39 is 0 Å². The van der Waals surface area contributed by atoms with Gasteiger partial charge in [0.15, 0.2) is 5.96 Å². The van der Waals surface area contributed by atoms with Crippen molar-refractivity contribution in [2.75, 3.05) is 37.7 Å². The molecule has 1 saturated carbocycles. The number of nitrogens with one attached hydrogen (secondary N) is 2. The van der Waals surface area contributed by atoms with Crippen LogP contribution in [0.4, 0.5) is 5.69 Å². The maximum Gasteiger partial charge on any atom is 0.191 e. The molecular formula is C23H38N4O. The third kappa shape index (κ3) is 5.40. The second kappa shape index (κ2) is 10.1. The average Bonchev–Trinajstić information content (AvgIpc) is 2.72. The molecule has 1 aromatic rings. The first-order valence-corrected chi connectivity index (χ1v) is 11.1. The fourth-order valence-electron chi connectivity index (χ4n) is 4.30. The maximum absolute atomic E-state index is 9.30. The summed E-state index contributed by atoms with van der Waals surface area (Å²) in [5, 5.41) is 16.2. The molecule has 3 rings (SSSR count). The number of rotatable bonds is 8. The summed E-state index contributed by atoms with van der Waals surface area (Å²) in [5.74, 6) is 1.41. The third-order valence-corrected chi connectivity index (χ3v) is 6.73. The number of anilines is 1. The van der Waals surface area contributed by atoms with Crippen molar-refractivity contribution in [1.29, 1.82) is 0 Å². The Bertz CT molecular complexity index is 610. The van der Waals surface area contributed by atoms with E-state index in [9.17, 15) is 5.11 Å². The number of benzene rings is 1. The molecule has 1 aliphatic carbocycles. The smallest absolute Gasteiger partial charge is 0.191 e. The van der Waals surface area contributed by atoms with Crippen molar-refractivity contribution < 1.29 is 5.11 Å². The van der Waals surface area contributed by atoms with Gasteiger partial charge < -0.3 is 20.6 Å². The van der Waals surface area contributed by atoms with Crippen LogP contribution < -0.4 is 15.5 Å². The molecule has 0 spiro atoms. The Morgan fingerprint density at radius 2 is 1.86 bits per heavy atom. The molecule has 0 unspecified atom stereocenters. The lowest BCUT2D eigenvalue weighted by atomic mass is 9.67. The van der Waals surface area contributed by atoms with Crippen molar-refractivity contribution in [3.05, 3.63) is 29.8 Å². The van der Waals surface area contributed by atoms with Crippen molar-refractivity contribution in [2.45, 2.75) is 58.9 Å². The molecule has 0 aromatic heterocycles. The van der Waals surface area contributed by atoms with E-state index in [2.05, 4.69) is 53.6 Å². The Morgan fingerprint density at radius 1 is 1.14 bits per heavy atom. The van der Waals surface area contributed by atoms with Crippen LogP contribution in [0, 0.1) is 11.3 Å². The predicted molar refractivity (Wildman–Crippen MR) is 118 cm³/mol. The lowest BCUT2D eigenvalue weighted by molar-refractivity contribution is 0.131. The van der Waals surface area contributed by atoms with Crippen LogP contribution in [-0.4, -0.2) is 43.9 Å². The van der Waals surface area contributed by atoms with Gasteiger partial charge in [-0.15, -0.1) is 0 Å². The van der Waals surface area contributed by atoms with E-state index in [0.29, 0.717) is 24.5 Å². The summed E-state index contributed by atoms with van der Waals surface area (Å²) in [6.07, 6.45) is 7.46. The highest BCUT2D eigenvalue weighted by Crippen LogP contribution is 2.43. The summed E-state index contributed by atoms with van der Waals surface area (Å²) >= 11 is 0. The molecule has 1 saturated heterocycles. The zero-order valence-electron chi connectivity index (χ0n) is 17.7. The Hall–Kier alpha value is -1.75. The molecule has 156 valence electrons. The third-order valence-electron chi connectivity index (χ3n) is 6.73. The first-order valence-electron chi connectivity index (χ1n) is 11.1. The maximum atomic E-state index is 9.30. The number of hydrogen-bond donors (Lipinski definition) is 3. The summed E-state index contributed by atoms with van der Waals surface area (Å²) < 4.78 is 0. The summed E-state index contributed by atoms with van der Waals surface area (Å²) in [5.41, 5.74) is 3.01. The van der Waals surface area contributed by atoms with Crippen LogP contribution in [0.1, 0.15) is 57.9 Å². The van der Waals surface area contributed by atoms with Gasteiger partial charge in [-0.25, -0.2) is 4.99 Å². The molecule has 1 heterocycles. The molecule has 1 aliphatic heterocycles. The summed E-state index contributed by atoms with van der Waals surface area (Å²) in [6, 6.07) is 8.82. The highest BCUT2D eigenvalue weighted by atomic mass is 16.3. The van der Waals surface area contributed by atoms with E-state index in [0.717, 1.165) is 45.0 Å². The van der Waals surface area contributed by atoms with Crippen LogP contribution in [0.3, 0.4) is 0 Å². The zero-order chi connectivity index (χ0) is 19.8. The lowest BCUT2D eigenvalue weighted by Crippen LogP contribution is -2.46. The Morgan fingerprint density at radius 3 is 2.39 bits per heavy atom. The summed E-state index contributed by atoms with van der Waals surface area (Å²) in [4.78, 5) is 7.22. The van der Waals surface area contributed by atoms with Crippen molar-refractivity contribution >= 4 is 11.6 Å². The minimum Gasteiger partial charge on any atom is -0.396 e. The number of aliphatic hydroxyl groups is 1. The molecule has 3 N–H and O–H groups in total. The second-order valence-corrected chi connectivity index (χ2v) is 8.54. The molecule has 2 fully saturated rings. The van der Waals surface area contributed by atoms with Crippen molar-refractivity contribution in [1.82, 2.24) is 10.6 Å². The summed E-state index contributed by atoms with van der Waals surface area (Å²) in [7, 11) is 0. The largest absolute Gasteiger partial charge is 0.396 e. The van der Waals surface area contributed by atoms with Crippen LogP contribution in [0.15, 0.2) is 29.3 Å². The van der Waals surface area contributed by atoms with Crippen LogP contribution >= 0.6 is 0 Å². The number of aliphatic imine (C=N–C) groups is 1. The lowest BCUT2D eigenvalue weighted by Gasteiger charge is -2.41. The van der Waals surface area contributed by atoms with Gasteiger partial charge in [-0.2, -0.15) is 0 Å². The van der Waals surface area contributed by atoms with Crippen molar-refractivity contribution in [3.8, 4) is 0 Å². The molecule has 0 atom stereocenters. The molecule has 5 heteroatoms. The van der Waals surface area contributed by atoms with Gasteiger partial charge in [-0.05, 0) is 68.1 Å².